The lowest BCUT2D eigenvalue weighted by Gasteiger charge is -2.36. The second-order valence-electron chi connectivity index (χ2n) is 4.31. The molecule has 2 heteroatoms. The summed E-state index contributed by atoms with van der Waals surface area (Å²) < 4.78 is 0. The van der Waals surface area contributed by atoms with Gasteiger partial charge in [0.2, 0.25) is 0 Å². The second-order valence-corrected chi connectivity index (χ2v) is 4.31. The normalized spacial score (nSPS) is 35.2. The maximum atomic E-state index is 10.3. The van der Waals surface area contributed by atoms with Crippen LogP contribution in [-0.2, 0) is 0 Å². The highest BCUT2D eigenvalue weighted by Gasteiger charge is 2.39. The lowest BCUT2D eigenvalue weighted by Crippen LogP contribution is -2.51. The van der Waals surface area contributed by atoms with Gasteiger partial charge in [-0.1, -0.05) is 19.3 Å². The second kappa shape index (κ2) is 3.35. The Hall–Kier alpha value is -0.0800. The number of nitrogens with one attached hydrogen (secondary N) is 1. The summed E-state index contributed by atoms with van der Waals surface area (Å²) in [5.41, 5.74) is -0.347. The largest absolute Gasteiger partial charge is 0.388 e. The van der Waals surface area contributed by atoms with Crippen LogP contribution in [0.5, 0.6) is 0 Å². The predicted molar refractivity (Wildman–Crippen MR) is 49.1 cm³/mol. The SMILES string of the molecule is OC1([C@H]2CCCCN2)CCCC1. The zero-order valence-corrected chi connectivity index (χ0v) is 7.68. The van der Waals surface area contributed by atoms with Gasteiger partial charge in [0.05, 0.1) is 5.60 Å². The van der Waals surface area contributed by atoms with E-state index in [4.69, 9.17) is 0 Å². The van der Waals surface area contributed by atoms with E-state index in [1.54, 1.807) is 0 Å². The van der Waals surface area contributed by atoms with Crippen LogP contribution in [0.15, 0.2) is 0 Å². The van der Waals surface area contributed by atoms with Crippen molar-refractivity contribution in [3.8, 4) is 0 Å². The van der Waals surface area contributed by atoms with Crippen molar-refractivity contribution in [3.05, 3.63) is 0 Å². The van der Waals surface area contributed by atoms with Gasteiger partial charge >= 0.3 is 0 Å². The minimum absolute atomic E-state index is 0.347. The summed E-state index contributed by atoms with van der Waals surface area (Å²) in [6, 6.07) is 0.397. The molecule has 0 spiro atoms. The molecule has 1 heterocycles. The zero-order chi connectivity index (χ0) is 8.44. The predicted octanol–water partition coefficient (Wildman–Crippen LogP) is 1.43. The smallest absolute Gasteiger partial charge is 0.0800 e. The fourth-order valence-corrected chi connectivity index (χ4v) is 2.65. The molecule has 0 aromatic rings. The van der Waals surface area contributed by atoms with Crippen molar-refractivity contribution >= 4 is 0 Å². The summed E-state index contributed by atoms with van der Waals surface area (Å²) in [6.07, 6.45) is 8.22. The first-order chi connectivity index (χ1) is 5.81. The molecule has 2 nitrogen and oxygen atoms in total. The molecule has 0 bridgehead atoms. The molecule has 2 rings (SSSR count). The summed E-state index contributed by atoms with van der Waals surface area (Å²) in [5.74, 6) is 0. The van der Waals surface area contributed by atoms with E-state index in [-0.39, 0.29) is 5.60 Å². The summed E-state index contributed by atoms with van der Waals surface area (Å²) in [4.78, 5) is 0. The first-order valence-corrected chi connectivity index (χ1v) is 5.27. The van der Waals surface area contributed by atoms with Crippen LogP contribution in [0, 0.1) is 0 Å². The number of piperidine rings is 1. The molecule has 1 saturated heterocycles. The van der Waals surface area contributed by atoms with Crippen LogP contribution in [0.25, 0.3) is 0 Å². The van der Waals surface area contributed by atoms with Crippen LogP contribution >= 0.6 is 0 Å². The van der Waals surface area contributed by atoms with Crippen molar-refractivity contribution in [3.63, 3.8) is 0 Å². The molecule has 0 unspecified atom stereocenters. The van der Waals surface area contributed by atoms with E-state index in [9.17, 15) is 5.11 Å². The molecule has 70 valence electrons. The molecule has 2 aliphatic rings. The monoisotopic (exact) mass is 169 g/mol. The minimum atomic E-state index is -0.347. The fourth-order valence-electron chi connectivity index (χ4n) is 2.65. The van der Waals surface area contributed by atoms with Gasteiger partial charge in [0.25, 0.3) is 0 Å². The van der Waals surface area contributed by atoms with Gasteiger partial charge in [0, 0.05) is 6.04 Å². The Labute approximate surface area is 74.4 Å². The Balaban J connectivity index is 1.96. The summed E-state index contributed by atoms with van der Waals surface area (Å²) in [6.45, 7) is 1.10. The van der Waals surface area contributed by atoms with Crippen LogP contribution in [-0.4, -0.2) is 23.3 Å². The summed E-state index contributed by atoms with van der Waals surface area (Å²) >= 11 is 0. The minimum Gasteiger partial charge on any atom is -0.388 e. The van der Waals surface area contributed by atoms with Crippen molar-refractivity contribution in [2.75, 3.05) is 6.54 Å². The Kier molecular flexibility index (Phi) is 2.37. The number of hydrogen-bond donors (Lipinski definition) is 2. The van der Waals surface area contributed by atoms with Gasteiger partial charge in [-0.05, 0) is 32.2 Å². The molecular weight excluding hydrogens is 150 g/mol. The van der Waals surface area contributed by atoms with Crippen LogP contribution in [0.4, 0.5) is 0 Å². The summed E-state index contributed by atoms with van der Waals surface area (Å²) in [5, 5.41) is 13.7. The standard InChI is InChI=1S/C10H19NO/c12-10(6-2-3-7-10)9-5-1-4-8-11-9/h9,11-12H,1-8H2/t9-/m1/s1. The Bertz CT molecular complexity index is 146. The van der Waals surface area contributed by atoms with E-state index in [0.717, 1.165) is 19.4 Å². The highest BCUT2D eigenvalue weighted by atomic mass is 16.3. The third kappa shape index (κ3) is 1.50. The van der Waals surface area contributed by atoms with Gasteiger partial charge in [-0.2, -0.15) is 0 Å². The average Bonchev–Trinajstić information content (AvgIpc) is 2.55. The molecule has 0 aromatic heterocycles. The van der Waals surface area contributed by atoms with E-state index >= 15 is 0 Å². The zero-order valence-electron chi connectivity index (χ0n) is 7.68. The van der Waals surface area contributed by atoms with Gasteiger partial charge in [-0.3, -0.25) is 0 Å². The Morgan fingerprint density at radius 1 is 1.08 bits per heavy atom. The number of rotatable bonds is 1. The molecule has 0 aromatic carbocycles. The van der Waals surface area contributed by atoms with Gasteiger partial charge in [0.15, 0.2) is 0 Å². The Morgan fingerprint density at radius 3 is 2.42 bits per heavy atom. The highest BCUT2D eigenvalue weighted by molar-refractivity contribution is 4.96. The maximum Gasteiger partial charge on any atom is 0.0800 e. The third-order valence-corrected chi connectivity index (χ3v) is 3.43. The molecule has 0 radical (unpaired) electrons. The van der Waals surface area contributed by atoms with Crippen LogP contribution in [0.1, 0.15) is 44.9 Å². The quantitative estimate of drug-likeness (QED) is 0.622. The molecule has 1 saturated carbocycles. The molecule has 1 aliphatic carbocycles. The number of hydrogen-bond acceptors (Lipinski definition) is 2. The van der Waals surface area contributed by atoms with Gasteiger partial charge in [0.1, 0.15) is 0 Å². The molecule has 1 aliphatic heterocycles. The van der Waals surface area contributed by atoms with Crippen molar-refractivity contribution in [2.24, 2.45) is 0 Å². The molecular formula is C10H19NO. The first kappa shape index (κ1) is 8.52. The fraction of sp³-hybridized carbons (Fsp3) is 1.00. The van der Waals surface area contributed by atoms with Gasteiger partial charge < -0.3 is 10.4 Å². The maximum absolute atomic E-state index is 10.3. The van der Waals surface area contributed by atoms with Crippen molar-refractivity contribution < 1.29 is 5.11 Å². The molecule has 1 atom stereocenters. The molecule has 2 N–H and O–H groups in total. The van der Waals surface area contributed by atoms with Crippen LogP contribution < -0.4 is 5.32 Å². The molecule has 2 fully saturated rings. The van der Waals surface area contributed by atoms with E-state index < -0.39 is 0 Å². The molecule has 12 heavy (non-hydrogen) atoms. The van der Waals surface area contributed by atoms with Crippen molar-refractivity contribution in [1.82, 2.24) is 5.32 Å². The van der Waals surface area contributed by atoms with Crippen molar-refractivity contribution in [1.29, 1.82) is 0 Å². The van der Waals surface area contributed by atoms with Crippen molar-refractivity contribution in [2.45, 2.75) is 56.6 Å². The van der Waals surface area contributed by atoms with Crippen LogP contribution in [0.3, 0.4) is 0 Å². The van der Waals surface area contributed by atoms with Crippen LogP contribution in [0.2, 0.25) is 0 Å². The van der Waals surface area contributed by atoms with Gasteiger partial charge in [-0.15, -0.1) is 0 Å². The lowest BCUT2D eigenvalue weighted by atomic mass is 9.86. The third-order valence-electron chi connectivity index (χ3n) is 3.43. The Morgan fingerprint density at radius 2 is 1.83 bits per heavy atom. The van der Waals surface area contributed by atoms with Gasteiger partial charge in [-0.25, -0.2) is 0 Å². The lowest BCUT2D eigenvalue weighted by molar-refractivity contribution is -0.000746. The van der Waals surface area contributed by atoms with E-state index in [1.165, 1.54) is 32.1 Å². The first-order valence-electron chi connectivity index (χ1n) is 5.27. The average molecular weight is 169 g/mol. The summed E-state index contributed by atoms with van der Waals surface area (Å²) in [7, 11) is 0. The highest BCUT2D eigenvalue weighted by Crippen LogP contribution is 2.35. The number of aliphatic hydroxyl groups is 1. The van der Waals surface area contributed by atoms with E-state index in [0.29, 0.717) is 6.04 Å². The van der Waals surface area contributed by atoms with E-state index in [1.807, 2.05) is 0 Å². The molecule has 0 amide bonds. The topological polar surface area (TPSA) is 32.3 Å². The van der Waals surface area contributed by atoms with E-state index in [2.05, 4.69) is 5.32 Å².